The molecule has 0 saturated carbocycles. The molecule has 1 amide bonds. The van der Waals surface area contributed by atoms with E-state index in [0.717, 1.165) is 22.2 Å². The van der Waals surface area contributed by atoms with E-state index in [9.17, 15) is 9.18 Å². The summed E-state index contributed by atoms with van der Waals surface area (Å²) in [6, 6.07) is 11.7. The Hall–Kier alpha value is -2.69. The van der Waals surface area contributed by atoms with E-state index in [2.05, 4.69) is 10.3 Å². The second-order valence-corrected chi connectivity index (χ2v) is 5.06. The molecule has 0 unspecified atom stereocenters. The topological polar surface area (TPSA) is 55.1 Å². The molecule has 1 N–H and O–H groups in total. The predicted octanol–water partition coefficient (Wildman–Crippen LogP) is 2.87. The molecule has 2 aromatic carbocycles. The van der Waals surface area contributed by atoms with Crippen LogP contribution in [-0.4, -0.2) is 17.4 Å². The number of benzene rings is 2. The average molecular weight is 298 g/mol. The number of nitrogens with one attached hydrogen (secondary N) is 1. The van der Waals surface area contributed by atoms with Gasteiger partial charge in [0, 0.05) is 6.54 Å². The van der Waals surface area contributed by atoms with Crippen molar-refractivity contribution in [2.75, 3.05) is 6.54 Å². The van der Waals surface area contributed by atoms with E-state index >= 15 is 0 Å². The monoisotopic (exact) mass is 298 g/mol. The van der Waals surface area contributed by atoms with Gasteiger partial charge in [0.05, 0.1) is 6.42 Å². The Labute approximate surface area is 127 Å². The minimum atomic E-state index is -0.299. The van der Waals surface area contributed by atoms with Gasteiger partial charge < -0.3 is 9.73 Å². The number of rotatable bonds is 5. The van der Waals surface area contributed by atoms with E-state index in [1.54, 1.807) is 12.1 Å². The van der Waals surface area contributed by atoms with Crippen LogP contribution in [0.1, 0.15) is 11.1 Å². The van der Waals surface area contributed by atoms with Crippen LogP contribution in [0.2, 0.25) is 0 Å². The quantitative estimate of drug-likeness (QED) is 0.788. The number of oxazole rings is 1. The van der Waals surface area contributed by atoms with Gasteiger partial charge in [0.1, 0.15) is 11.3 Å². The van der Waals surface area contributed by atoms with Gasteiger partial charge in [0.15, 0.2) is 12.0 Å². The normalized spacial score (nSPS) is 10.8. The summed E-state index contributed by atoms with van der Waals surface area (Å²) in [7, 11) is 0. The van der Waals surface area contributed by atoms with Gasteiger partial charge in [-0.15, -0.1) is 0 Å². The molecule has 0 atom stereocenters. The van der Waals surface area contributed by atoms with Crippen LogP contribution in [0.4, 0.5) is 4.39 Å². The van der Waals surface area contributed by atoms with Gasteiger partial charge in [-0.05, 0) is 41.8 Å². The first-order valence-corrected chi connectivity index (χ1v) is 7.04. The molecule has 112 valence electrons. The Balaban J connectivity index is 1.49. The predicted molar refractivity (Wildman–Crippen MR) is 80.8 cm³/mol. The first-order chi connectivity index (χ1) is 10.7. The Morgan fingerprint density at radius 3 is 2.73 bits per heavy atom. The van der Waals surface area contributed by atoms with Gasteiger partial charge in [0.2, 0.25) is 5.91 Å². The van der Waals surface area contributed by atoms with Crippen LogP contribution in [0.15, 0.2) is 53.3 Å². The number of hydrogen-bond acceptors (Lipinski definition) is 3. The Morgan fingerprint density at radius 2 is 1.91 bits per heavy atom. The van der Waals surface area contributed by atoms with Crippen molar-refractivity contribution in [3.63, 3.8) is 0 Å². The zero-order valence-electron chi connectivity index (χ0n) is 11.9. The van der Waals surface area contributed by atoms with Crippen LogP contribution in [0.3, 0.4) is 0 Å². The number of carbonyl (C=O) groups is 1. The maximum atomic E-state index is 12.8. The molecule has 0 aliphatic heterocycles. The maximum absolute atomic E-state index is 12.8. The van der Waals surface area contributed by atoms with Gasteiger partial charge in [-0.1, -0.05) is 18.2 Å². The standard InChI is InChI=1S/C17H15FN2O2/c18-14-4-1-12(2-5-14)10-17(21)19-8-7-13-3-6-15-16(9-13)22-11-20-15/h1-6,9,11H,7-8,10H2,(H,19,21). The second kappa shape index (κ2) is 6.39. The number of halogens is 1. The molecule has 0 fully saturated rings. The molecular formula is C17H15FN2O2. The van der Waals surface area contributed by atoms with E-state index in [0.29, 0.717) is 13.0 Å². The van der Waals surface area contributed by atoms with E-state index < -0.39 is 0 Å². The summed E-state index contributed by atoms with van der Waals surface area (Å²) in [6.45, 7) is 0.541. The lowest BCUT2D eigenvalue weighted by atomic mass is 10.1. The van der Waals surface area contributed by atoms with Gasteiger partial charge in [0.25, 0.3) is 0 Å². The molecule has 0 spiro atoms. The Bertz CT molecular complexity index is 781. The lowest BCUT2D eigenvalue weighted by Crippen LogP contribution is -2.27. The van der Waals surface area contributed by atoms with Gasteiger partial charge >= 0.3 is 0 Å². The third kappa shape index (κ3) is 3.49. The minimum absolute atomic E-state index is 0.0765. The van der Waals surface area contributed by atoms with Crippen LogP contribution in [0.5, 0.6) is 0 Å². The van der Waals surface area contributed by atoms with Crippen molar-refractivity contribution in [2.45, 2.75) is 12.8 Å². The Kier molecular flexibility index (Phi) is 4.14. The molecule has 0 radical (unpaired) electrons. The lowest BCUT2D eigenvalue weighted by Gasteiger charge is -2.05. The Morgan fingerprint density at radius 1 is 1.14 bits per heavy atom. The number of hydrogen-bond donors (Lipinski definition) is 1. The number of nitrogens with zero attached hydrogens (tertiary/aromatic N) is 1. The van der Waals surface area contributed by atoms with Crippen molar-refractivity contribution >= 4 is 17.0 Å². The SMILES string of the molecule is O=C(Cc1ccc(F)cc1)NCCc1ccc2ncoc2c1. The fourth-order valence-electron chi connectivity index (χ4n) is 2.25. The highest BCUT2D eigenvalue weighted by Gasteiger charge is 2.04. The molecule has 1 heterocycles. The summed E-state index contributed by atoms with van der Waals surface area (Å²) >= 11 is 0. The van der Waals surface area contributed by atoms with Crippen molar-refractivity contribution < 1.29 is 13.6 Å². The summed E-state index contributed by atoms with van der Waals surface area (Å²) in [4.78, 5) is 15.9. The minimum Gasteiger partial charge on any atom is -0.443 e. The first-order valence-electron chi connectivity index (χ1n) is 7.04. The van der Waals surface area contributed by atoms with Crippen molar-refractivity contribution in [3.8, 4) is 0 Å². The van der Waals surface area contributed by atoms with Gasteiger partial charge in [-0.25, -0.2) is 9.37 Å². The highest BCUT2D eigenvalue weighted by atomic mass is 19.1. The molecule has 5 heteroatoms. The summed E-state index contributed by atoms with van der Waals surface area (Å²) in [5.41, 5.74) is 3.44. The molecule has 0 saturated heterocycles. The molecule has 3 rings (SSSR count). The van der Waals surface area contributed by atoms with E-state index in [1.165, 1.54) is 18.5 Å². The third-order valence-corrected chi connectivity index (χ3v) is 3.41. The fourth-order valence-corrected chi connectivity index (χ4v) is 2.25. The van der Waals surface area contributed by atoms with Crippen molar-refractivity contribution in [1.82, 2.24) is 10.3 Å². The van der Waals surface area contributed by atoms with Crippen molar-refractivity contribution in [3.05, 3.63) is 65.8 Å². The zero-order chi connectivity index (χ0) is 15.4. The molecule has 0 bridgehead atoms. The van der Waals surface area contributed by atoms with E-state index in [-0.39, 0.29) is 18.1 Å². The number of aromatic nitrogens is 1. The molecule has 3 aromatic rings. The summed E-state index contributed by atoms with van der Waals surface area (Å²) in [6.07, 6.45) is 2.38. The van der Waals surface area contributed by atoms with E-state index in [1.807, 2.05) is 18.2 Å². The molecule has 1 aromatic heterocycles. The zero-order valence-corrected chi connectivity index (χ0v) is 11.9. The number of amides is 1. The van der Waals surface area contributed by atoms with Gasteiger partial charge in [-0.3, -0.25) is 4.79 Å². The number of fused-ring (bicyclic) bond motifs is 1. The summed E-state index contributed by atoms with van der Waals surface area (Å²) < 4.78 is 18.0. The van der Waals surface area contributed by atoms with Crippen LogP contribution in [-0.2, 0) is 17.6 Å². The molecule has 0 aliphatic rings. The average Bonchev–Trinajstić information content (AvgIpc) is 2.97. The summed E-state index contributed by atoms with van der Waals surface area (Å²) in [5, 5.41) is 2.86. The molecule has 0 aliphatic carbocycles. The van der Waals surface area contributed by atoms with Gasteiger partial charge in [-0.2, -0.15) is 0 Å². The lowest BCUT2D eigenvalue weighted by molar-refractivity contribution is -0.120. The van der Waals surface area contributed by atoms with Crippen LogP contribution in [0.25, 0.3) is 11.1 Å². The summed E-state index contributed by atoms with van der Waals surface area (Å²) in [5.74, 6) is -0.376. The first kappa shape index (κ1) is 14.3. The highest BCUT2D eigenvalue weighted by molar-refractivity contribution is 5.78. The largest absolute Gasteiger partial charge is 0.443 e. The fraction of sp³-hybridized carbons (Fsp3) is 0.176. The van der Waals surface area contributed by atoms with Crippen molar-refractivity contribution in [2.24, 2.45) is 0 Å². The molecular weight excluding hydrogens is 283 g/mol. The van der Waals surface area contributed by atoms with E-state index in [4.69, 9.17) is 4.42 Å². The third-order valence-electron chi connectivity index (χ3n) is 3.41. The number of carbonyl (C=O) groups excluding carboxylic acids is 1. The van der Waals surface area contributed by atoms with Crippen molar-refractivity contribution in [1.29, 1.82) is 0 Å². The van der Waals surface area contributed by atoms with Crippen LogP contribution >= 0.6 is 0 Å². The molecule has 22 heavy (non-hydrogen) atoms. The molecule has 4 nitrogen and oxygen atoms in total. The van der Waals surface area contributed by atoms with Crippen LogP contribution in [0, 0.1) is 5.82 Å². The smallest absolute Gasteiger partial charge is 0.224 e. The second-order valence-electron chi connectivity index (χ2n) is 5.06. The van der Waals surface area contributed by atoms with Crippen LogP contribution < -0.4 is 5.32 Å². The highest BCUT2D eigenvalue weighted by Crippen LogP contribution is 2.14. The maximum Gasteiger partial charge on any atom is 0.224 e.